The molecule has 2 rings (SSSR count). The fourth-order valence-electron chi connectivity index (χ4n) is 5.45. The van der Waals surface area contributed by atoms with Gasteiger partial charge in [-0.3, -0.25) is 33.6 Å². The topological polar surface area (TPSA) is 270 Å². The molecule has 55 heavy (non-hydrogen) atoms. The lowest BCUT2D eigenvalue weighted by Crippen LogP contribution is -2.58. The number of nitrogens with two attached hydrogens (primary N) is 3. The van der Waals surface area contributed by atoms with E-state index in [1.165, 1.54) is 19.2 Å². The monoisotopic (exact) mass is 767 g/mol. The first-order valence-electron chi connectivity index (χ1n) is 18.3. The fraction of sp³-hybridized carbons (Fsp3) is 0.500. The van der Waals surface area contributed by atoms with E-state index >= 15 is 0 Å². The van der Waals surface area contributed by atoms with E-state index in [1.54, 1.807) is 54.6 Å². The minimum atomic E-state index is -1.21. The van der Waals surface area contributed by atoms with Crippen LogP contribution in [-0.4, -0.2) is 104 Å². The summed E-state index contributed by atoms with van der Waals surface area (Å²) in [4.78, 5) is 95.8. The van der Waals surface area contributed by atoms with Crippen molar-refractivity contribution in [2.24, 2.45) is 23.1 Å². The number of hydroxylamine groups is 2. The lowest BCUT2D eigenvalue weighted by atomic mass is 10.0. The molecule has 0 unspecified atom stereocenters. The summed E-state index contributed by atoms with van der Waals surface area (Å²) in [5, 5.41) is 14.3. The number of rotatable bonds is 24. The average molecular weight is 768 g/mol. The van der Waals surface area contributed by atoms with Crippen molar-refractivity contribution in [1.29, 1.82) is 0 Å². The molecule has 17 heteroatoms. The molecular formula is C38H57N9O8. The van der Waals surface area contributed by atoms with Crippen molar-refractivity contribution in [3.05, 3.63) is 71.8 Å². The van der Waals surface area contributed by atoms with Crippen LogP contribution < -0.4 is 43.8 Å². The van der Waals surface area contributed by atoms with Crippen molar-refractivity contribution < 1.29 is 38.4 Å². The van der Waals surface area contributed by atoms with E-state index in [2.05, 4.69) is 26.6 Å². The molecule has 0 aromatic heterocycles. The third-order valence-corrected chi connectivity index (χ3v) is 8.25. The van der Waals surface area contributed by atoms with Gasteiger partial charge in [-0.25, -0.2) is 0 Å². The van der Waals surface area contributed by atoms with Gasteiger partial charge in [-0.15, -0.1) is 5.06 Å². The van der Waals surface area contributed by atoms with E-state index in [9.17, 15) is 33.6 Å². The Kier molecular flexibility index (Phi) is 20.1. The highest BCUT2D eigenvalue weighted by molar-refractivity contribution is 5.95. The van der Waals surface area contributed by atoms with Gasteiger partial charge in [0.25, 0.3) is 0 Å². The summed E-state index contributed by atoms with van der Waals surface area (Å²) in [6.07, 6.45) is 0.846. The van der Waals surface area contributed by atoms with E-state index in [4.69, 9.17) is 22.0 Å². The third-order valence-electron chi connectivity index (χ3n) is 8.25. The summed E-state index contributed by atoms with van der Waals surface area (Å²) in [6, 6.07) is 12.4. The van der Waals surface area contributed by atoms with E-state index < -0.39 is 78.2 Å². The summed E-state index contributed by atoms with van der Waals surface area (Å²) >= 11 is 0. The molecule has 5 atom stereocenters. The van der Waals surface area contributed by atoms with Crippen LogP contribution in [0.1, 0.15) is 57.1 Å². The van der Waals surface area contributed by atoms with Crippen molar-refractivity contribution in [3.8, 4) is 0 Å². The quantitative estimate of drug-likeness (QED) is 0.0596. The lowest BCUT2D eigenvalue weighted by molar-refractivity contribution is -0.178. The Hall–Kier alpha value is -5.39. The molecule has 0 aliphatic rings. The zero-order valence-corrected chi connectivity index (χ0v) is 32.0. The van der Waals surface area contributed by atoms with Gasteiger partial charge in [0.1, 0.15) is 24.2 Å². The van der Waals surface area contributed by atoms with Gasteiger partial charge in [-0.1, -0.05) is 74.5 Å². The SMILES string of the molecule is CC(C)C[C@H](NC(=O)CNC(=O)[C@H](Cc1ccccc1)NC(=O)[C@H](Cc1ccccc1)NC(=O)[C@@H](N)CCCN)C(=O)N[C@@H](CCC(=O)ON(C)C)C(N)=O. The van der Waals surface area contributed by atoms with Gasteiger partial charge in [0.2, 0.25) is 35.4 Å². The highest BCUT2D eigenvalue weighted by Crippen LogP contribution is 2.10. The molecule has 0 heterocycles. The number of hydrogen-bond acceptors (Lipinski definition) is 11. The predicted molar refractivity (Wildman–Crippen MR) is 205 cm³/mol. The van der Waals surface area contributed by atoms with Crippen molar-refractivity contribution in [3.63, 3.8) is 0 Å². The van der Waals surface area contributed by atoms with Crippen molar-refractivity contribution in [2.75, 3.05) is 27.2 Å². The van der Waals surface area contributed by atoms with Gasteiger partial charge < -0.3 is 48.6 Å². The maximum absolute atomic E-state index is 13.8. The lowest BCUT2D eigenvalue weighted by Gasteiger charge is -2.25. The van der Waals surface area contributed by atoms with Crippen LogP contribution >= 0.6 is 0 Å². The highest BCUT2D eigenvalue weighted by atomic mass is 16.7. The van der Waals surface area contributed by atoms with E-state index in [1.807, 2.05) is 19.9 Å². The number of carbonyl (C=O) groups excluding carboxylic acids is 7. The minimum Gasteiger partial charge on any atom is -0.369 e. The molecule has 0 saturated carbocycles. The molecule has 302 valence electrons. The van der Waals surface area contributed by atoms with Crippen LogP contribution in [0.2, 0.25) is 0 Å². The second-order valence-electron chi connectivity index (χ2n) is 13.8. The Balaban J connectivity index is 2.19. The van der Waals surface area contributed by atoms with E-state index in [0.29, 0.717) is 24.9 Å². The van der Waals surface area contributed by atoms with Crippen LogP contribution in [0.3, 0.4) is 0 Å². The van der Waals surface area contributed by atoms with Gasteiger partial charge in [-0.05, 0) is 49.3 Å². The molecule has 6 amide bonds. The van der Waals surface area contributed by atoms with Crippen LogP contribution in [0.25, 0.3) is 0 Å². The number of carbonyl (C=O) groups is 7. The van der Waals surface area contributed by atoms with Crippen LogP contribution in [0.15, 0.2) is 60.7 Å². The van der Waals surface area contributed by atoms with Gasteiger partial charge in [0.15, 0.2) is 0 Å². The molecule has 17 nitrogen and oxygen atoms in total. The molecule has 2 aromatic carbocycles. The van der Waals surface area contributed by atoms with Crippen LogP contribution in [0, 0.1) is 5.92 Å². The zero-order valence-electron chi connectivity index (χ0n) is 32.0. The number of amides is 6. The normalized spacial score (nSPS) is 13.7. The number of primary amides is 1. The van der Waals surface area contributed by atoms with Crippen LogP contribution in [0.4, 0.5) is 0 Å². The summed E-state index contributed by atoms with van der Waals surface area (Å²) in [6.45, 7) is 3.45. The predicted octanol–water partition coefficient (Wildman–Crippen LogP) is -1.08. The number of benzene rings is 2. The molecule has 0 spiro atoms. The van der Waals surface area contributed by atoms with E-state index in [0.717, 1.165) is 5.56 Å². The molecule has 0 fully saturated rings. The summed E-state index contributed by atoms with van der Waals surface area (Å²) in [7, 11) is 3.03. The molecule has 0 aliphatic carbocycles. The standard InChI is InChI=1S/C38H57N9O8/c1-24(2)20-29(37(53)44-28(34(41)50)17-18-33(49)55-47(3)4)43-32(48)23-42-36(52)30(21-25-12-7-5-8-13-25)46-38(54)31(22-26-14-9-6-10-15-26)45-35(51)27(40)16-11-19-39/h5-10,12-15,24,27-31H,11,16-23,39-40H2,1-4H3,(H2,41,50)(H,42,52)(H,43,48)(H,44,53)(H,45,51)(H,46,54)/t27-,28-,29-,30-,31-/m0/s1. The van der Waals surface area contributed by atoms with Crippen LogP contribution in [0.5, 0.6) is 0 Å². The Labute approximate surface area is 322 Å². The summed E-state index contributed by atoms with van der Waals surface area (Å²) in [5.74, 6) is -4.88. The Morgan fingerprint density at radius 1 is 0.691 bits per heavy atom. The number of nitrogens with zero attached hydrogens (tertiary/aromatic N) is 1. The summed E-state index contributed by atoms with van der Waals surface area (Å²) < 4.78 is 0. The molecule has 0 bridgehead atoms. The van der Waals surface area contributed by atoms with Gasteiger partial charge in [-0.2, -0.15) is 0 Å². The van der Waals surface area contributed by atoms with Crippen molar-refractivity contribution in [2.45, 2.75) is 89.0 Å². The first-order chi connectivity index (χ1) is 26.1. The van der Waals surface area contributed by atoms with Crippen LogP contribution in [-0.2, 0) is 51.2 Å². The third kappa shape index (κ3) is 18.0. The second kappa shape index (κ2) is 24.1. The van der Waals surface area contributed by atoms with E-state index in [-0.39, 0.29) is 38.0 Å². The smallest absolute Gasteiger partial charge is 0.325 e. The largest absolute Gasteiger partial charge is 0.369 e. The van der Waals surface area contributed by atoms with Gasteiger partial charge in [0, 0.05) is 33.4 Å². The average Bonchev–Trinajstić information content (AvgIpc) is 3.13. The fourth-order valence-corrected chi connectivity index (χ4v) is 5.45. The molecule has 0 saturated heterocycles. The molecule has 11 N–H and O–H groups in total. The zero-order chi connectivity index (χ0) is 40.9. The van der Waals surface area contributed by atoms with Crippen molar-refractivity contribution in [1.82, 2.24) is 31.6 Å². The summed E-state index contributed by atoms with van der Waals surface area (Å²) in [5.41, 5.74) is 18.6. The molecular weight excluding hydrogens is 710 g/mol. The Morgan fingerprint density at radius 3 is 1.71 bits per heavy atom. The molecule has 0 aliphatic heterocycles. The highest BCUT2D eigenvalue weighted by Gasteiger charge is 2.30. The van der Waals surface area contributed by atoms with Gasteiger partial charge in [0.05, 0.1) is 12.6 Å². The molecule has 0 radical (unpaired) electrons. The Morgan fingerprint density at radius 2 is 1.20 bits per heavy atom. The number of nitrogens with one attached hydrogen (secondary N) is 5. The van der Waals surface area contributed by atoms with Crippen molar-refractivity contribution >= 4 is 41.4 Å². The maximum atomic E-state index is 13.8. The Bertz CT molecular complexity index is 1560. The first kappa shape index (κ1) is 45.8. The minimum absolute atomic E-state index is 0.0526. The molecule has 2 aromatic rings. The second-order valence-corrected chi connectivity index (χ2v) is 13.8. The van der Waals surface area contributed by atoms with Gasteiger partial charge >= 0.3 is 5.97 Å². The first-order valence-corrected chi connectivity index (χ1v) is 18.3. The number of hydrogen-bond donors (Lipinski definition) is 8. The maximum Gasteiger partial charge on any atom is 0.325 e.